The summed E-state index contributed by atoms with van der Waals surface area (Å²) < 4.78 is 0. The summed E-state index contributed by atoms with van der Waals surface area (Å²) in [5.74, 6) is -0.693. The van der Waals surface area contributed by atoms with E-state index >= 15 is 0 Å². The Hall–Kier alpha value is 0.350. The molecule has 0 unspecified atom stereocenters. The molecule has 0 spiro atoms. The standard InChI is InChI=1S/C5H10O2.C4H13N3.Na.H/c1-2-3-4-5(6)7;5-1-3-7-4-2-6;;/h2-4H2,1H3,(H,6,7);7H,1-6H2;;. The molecule has 0 saturated heterocycles. The van der Waals surface area contributed by atoms with Gasteiger partial charge in [0.25, 0.3) is 0 Å². The molecule has 0 amide bonds. The number of carbonyl (C=O) groups is 1. The molecule has 0 heterocycles. The van der Waals surface area contributed by atoms with Crippen LogP contribution in [0, 0.1) is 0 Å². The van der Waals surface area contributed by atoms with Gasteiger partial charge in [-0.05, 0) is 6.42 Å². The van der Waals surface area contributed by atoms with Gasteiger partial charge in [0.2, 0.25) is 0 Å². The zero-order chi connectivity index (χ0) is 11.2. The number of carboxylic acids is 1. The molecular formula is C9H24N3NaO2. The van der Waals surface area contributed by atoms with E-state index in [-0.39, 0.29) is 29.6 Å². The van der Waals surface area contributed by atoms with Crippen molar-refractivity contribution in [2.45, 2.75) is 26.2 Å². The first-order valence-electron chi connectivity index (χ1n) is 5.01. The van der Waals surface area contributed by atoms with E-state index in [0.29, 0.717) is 19.5 Å². The Morgan fingerprint density at radius 3 is 1.93 bits per heavy atom. The Morgan fingerprint density at radius 1 is 1.27 bits per heavy atom. The van der Waals surface area contributed by atoms with Gasteiger partial charge in [-0.15, -0.1) is 0 Å². The van der Waals surface area contributed by atoms with Crippen molar-refractivity contribution < 1.29 is 9.90 Å². The summed E-state index contributed by atoms with van der Waals surface area (Å²) in [5.41, 5.74) is 10.3. The molecule has 0 fully saturated rings. The zero-order valence-electron chi connectivity index (χ0n) is 8.96. The number of hydrogen-bond donors (Lipinski definition) is 4. The maximum absolute atomic E-state index is 9.76. The van der Waals surface area contributed by atoms with Crippen LogP contribution in [0.4, 0.5) is 0 Å². The molecular weight excluding hydrogens is 205 g/mol. The predicted octanol–water partition coefficient (Wildman–Crippen LogP) is -0.894. The quantitative estimate of drug-likeness (QED) is 0.335. The molecule has 0 aliphatic rings. The van der Waals surface area contributed by atoms with Gasteiger partial charge in [-0.1, -0.05) is 13.3 Å². The normalized spacial score (nSPS) is 8.47. The van der Waals surface area contributed by atoms with Crippen LogP contribution in [0.25, 0.3) is 0 Å². The summed E-state index contributed by atoms with van der Waals surface area (Å²) in [6, 6.07) is 0. The van der Waals surface area contributed by atoms with E-state index in [1.165, 1.54) is 0 Å². The van der Waals surface area contributed by atoms with Gasteiger partial charge in [-0.25, -0.2) is 0 Å². The van der Waals surface area contributed by atoms with Gasteiger partial charge in [0, 0.05) is 32.6 Å². The van der Waals surface area contributed by atoms with Crippen molar-refractivity contribution in [3.8, 4) is 0 Å². The van der Waals surface area contributed by atoms with Gasteiger partial charge in [0.05, 0.1) is 0 Å². The number of carboxylic acid groups (broad SMARTS) is 1. The van der Waals surface area contributed by atoms with E-state index in [2.05, 4.69) is 5.32 Å². The fraction of sp³-hybridized carbons (Fsp3) is 0.889. The van der Waals surface area contributed by atoms with Crippen molar-refractivity contribution in [3.05, 3.63) is 0 Å². The van der Waals surface area contributed by atoms with Crippen LogP contribution in [0.1, 0.15) is 26.2 Å². The third-order valence-corrected chi connectivity index (χ3v) is 1.39. The molecule has 5 nitrogen and oxygen atoms in total. The fourth-order valence-corrected chi connectivity index (χ4v) is 0.657. The average molecular weight is 229 g/mol. The summed E-state index contributed by atoms with van der Waals surface area (Å²) in [6.45, 7) is 5.11. The molecule has 6 heteroatoms. The molecule has 0 aromatic heterocycles. The number of aliphatic carboxylic acids is 1. The summed E-state index contributed by atoms with van der Waals surface area (Å²) in [4.78, 5) is 9.76. The molecule has 0 rings (SSSR count). The van der Waals surface area contributed by atoms with Crippen molar-refractivity contribution in [1.82, 2.24) is 5.32 Å². The van der Waals surface area contributed by atoms with Crippen LogP contribution in [0.3, 0.4) is 0 Å². The third kappa shape index (κ3) is 31.4. The Labute approximate surface area is 114 Å². The van der Waals surface area contributed by atoms with Crippen LogP contribution in [0.2, 0.25) is 0 Å². The number of nitrogens with two attached hydrogens (primary N) is 2. The second kappa shape index (κ2) is 19.9. The maximum atomic E-state index is 9.76. The summed E-state index contributed by atoms with van der Waals surface area (Å²) >= 11 is 0. The van der Waals surface area contributed by atoms with E-state index in [0.717, 1.165) is 25.9 Å². The molecule has 0 aliphatic heterocycles. The summed E-state index contributed by atoms with van der Waals surface area (Å²) in [7, 11) is 0. The van der Waals surface area contributed by atoms with Crippen LogP contribution in [0.15, 0.2) is 0 Å². The predicted molar refractivity (Wildman–Crippen MR) is 65.3 cm³/mol. The minimum atomic E-state index is -0.693. The first-order valence-corrected chi connectivity index (χ1v) is 5.01. The van der Waals surface area contributed by atoms with Crippen LogP contribution in [-0.4, -0.2) is 66.8 Å². The molecule has 0 saturated carbocycles. The molecule has 0 aromatic rings. The Kier molecular flexibility index (Phi) is 27.4. The number of unbranched alkanes of at least 4 members (excludes halogenated alkanes) is 1. The van der Waals surface area contributed by atoms with Crippen molar-refractivity contribution in [1.29, 1.82) is 0 Å². The molecule has 0 atom stereocenters. The number of nitrogens with one attached hydrogen (secondary N) is 1. The van der Waals surface area contributed by atoms with E-state index in [4.69, 9.17) is 16.6 Å². The van der Waals surface area contributed by atoms with Gasteiger partial charge in [-0.2, -0.15) is 0 Å². The summed E-state index contributed by atoms with van der Waals surface area (Å²) in [6.07, 6.45) is 2.08. The van der Waals surface area contributed by atoms with Gasteiger partial charge >= 0.3 is 35.5 Å². The van der Waals surface area contributed by atoms with Gasteiger partial charge in [0.1, 0.15) is 0 Å². The van der Waals surface area contributed by atoms with Crippen molar-refractivity contribution in [3.63, 3.8) is 0 Å². The minimum absolute atomic E-state index is 0. The van der Waals surface area contributed by atoms with Crippen molar-refractivity contribution >= 4 is 35.5 Å². The molecule has 6 N–H and O–H groups in total. The molecule has 0 aromatic carbocycles. The summed E-state index contributed by atoms with van der Waals surface area (Å²) in [5, 5.41) is 11.1. The monoisotopic (exact) mass is 229 g/mol. The van der Waals surface area contributed by atoms with Crippen molar-refractivity contribution in [2.24, 2.45) is 11.5 Å². The van der Waals surface area contributed by atoms with Gasteiger partial charge < -0.3 is 21.9 Å². The van der Waals surface area contributed by atoms with Crippen molar-refractivity contribution in [2.75, 3.05) is 26.2 Å². The van der Waals surface area contributed by atoms with Crippen LogP contribution in [-0.2, 0) is 4.79 Å². The molecule has 0 aliphatic carbocycles. The Morgan fingerprint density at radius 2 is 1.73 bits per heavy atom. The second-order valence-corrected chi connectivity index (χ2v) is 2.82. The van der Waals surface area contributed by atoms with Gasteiger partial charge in [0.15, 0.2) is 0 Å². The SMILES string of the molecule is CCCCC(=O)O.NCCNCCN.[NaH]. The number of hydrogen-bond acceptors (Lipinski definition) is 4. The van der Waals surface area contributed by atoms with E-state index in [9.17, 15) is 4.79 Å². The molecule has 88 valence electrons. The van der Waals surface area contributed by atoms with E-state index in [1.807, 2.05) is 6.92 Å². The Bertz CT molecular complexity index is 122. The zero-order valence-corrected chi connectivity index (χ0v) is 8.96. The van der Waals surface area contributed by atoms with Crippen LogP contribution >= 0.6 is 0 Å². The molecule has 0 radical (unpaired) electrons. The van der Waals surface area contributed by atoms with E-state index in [1.54, 1.807) is 0 Å². The Balaban J connectivity index is -0.000000180. The van der Waals surface area contributed by atoms with Crippen LogP contribution < -0.4 is 16.8 Å². The first kappa shape index (κ1) is 20.7. The molecule has 0 bridgehead atoms. The van der Waals surface area contributed by atoms with Crippen LogP contribution in [0.5, 0.6) is 0 Å². The fourth-order valence-electron chi connectivity index (χ4n) is 0.657. The topological polar surface area (TPSA) is 101 Å². The number of rotatable bonds is 7. The van der Waals surface area contributed by atoms with E-state index < -0.39 is 5.97 Å². The van der Waals surface area contributed by atoms with Gasteiger partial charge in [-0.3, -0.25) is 4.79 Å². The molecule has 15 heavy (non-hydrogen) atoms. The average Bonchev–Trinajstić information content (AvgIpc) is 2.16. The second-order valence-electron chi connectivity index (χ2n) is 2.82. The third-order valence-electron chi connectivity index (χ3n) is 1.39. The first-order chi connectivity index (χ1) is 6.68.